The van der Waals surface area contributed by atoms with Crippen molar-refractivity contribution in [2.75, 3.05) is 26.8 Å². The van der Waals surface area contributed by atoms with E-state index in [0.717, 1.165) is 17.7 Å². The average Bonchev–Trinajstić information content (AvgIpc) is 3.12. The summed E-state index contributed by atoms with van der Waals surface area (Å²) in [4.78, 5) is 0.320. The third-order valence-corrected chi connectivity index (χ3v) is 6.70. The van der Waals surface area contributed by atoms with Gasteiger partial charge in [0.15, 0.2) is 0 Å². The Labute approximate surface area is 154 Å². The second-order valence-electron chi connectivity index (χ2n) is 6.44. The van der Waals surface area contributed by atoms with E-state index in [1.54, 1.807) is 32.4 Å². The first kappa shape index (κ1) is 18.9. The van der Waals surface area contributed by atoms with Gasteiger partial charge < -0.3 is 9.47 Å². The SMILES string of the molecule is CCn1cc([C@@H]2CN(S(=O)(=O)c3cc(C)c(OC)cc3C)CCO2)cn1. The van der Waals surface area contributed by atoms with Crippen LogP contribution in [0.2, 0.25) is 0 Å². The molecule has 0 radical (unpaired) electrons. The molecule has 2 aromatic rings. The third kappa shape index (κ3) is 3.49. The highest BCUT2D eigenvalue weighted by atomic mass is 32.2. The number of hydrogen-bond acceptors (Lipinski definition) is 5. The molecule has 1 aromatic carbocycles. The minimum atomic E-state index is -3.61. The second-order valence-corrected chi connectivity index (χ2v) is 8.35. The molecule has 3 rings (SSSR count). The molecular formula is C18H25N3O4S. The van der Waals surface area contributed by atoms with Gasteiger partial charge in [0.2, 0.25) is 10.0 Å². The Morgan fingerprint density at radius 2 is 2.08 bits per heavy atom. The van der Waals surface area contributed by atoms with Crippen LogP contribution in [0.15, 0.2) is 29.4 Å². The van der Waals surface area contributed by atoms with E-state index in [0.29, 0.717) is 29.4 Å². The topological polar surface area (TPSA) is 73.7 Å². The van der Waals surface area contributed by atoms with E-state index >= 15 is 0 Å². The lowest BCUT2D eigenvalue weighted by Crippen LogP contribution is -2.42. The van der Waals surface area contributed by atoms with Gasteiger partial charge in [-0.05, 0) is 44.0 Å². The zero-order chi connectivity index (χ0) is 18.9. The summed E-state index contributed by atoms with van der Waals surface area (Å²) in [7, 11) is -2.03. The predicted molar refractivity (Wildman–Crippen MR) is 97.8 cm³/mol. The van der Waals surface area contributed by atoms with Crippen LogP contribution in [0.25, 0.3) is 0 Å². The molecule has 1 saturated heterocycles. The molecule has 1 aromatic heterocycles. The highest BCUT2D eigenvalue weighted by Crippen LogP contribution is 2.30. The van der Waals surface area contributed by atoms with E-state index in [4.69, 9.17) is 9.47 Å². The Balaban J connectivity index is 1.88. The molecule has 7 nitrogen and oxygen atoms in total. The zero-order valence-corrected chi connectivity index (χ0v) is 16.4. The Kier molecular flexibility index (Phi) is 5.36. The molecule has 1 aliphatic heterocycles. The van der Waals surface area contributed by atoms with Crippen molar-refractivity contribution in [3.8, 4) is 5.75 Å². The van der Waals surface area contributed by atoms with Gasteiger partial charge in [-0.1, -0.05) is 0 Å². The fourth-order valence-corrected chi connectivity index (χ4v) is 4.88. The number of methoxy groups -OCH3 is 1. The molecule has 0 unspecified atom stereocenters. The van der Waals surface area contributed by atoms with E-state index < -0.39 is 10.0 Å². The highest BCUT2D eigenvalue weighted by molar-refractivity contribution is 7.89. The second kappa shape index (κ2) is 7.38. The lowest BCUT2D eigenvalue weighted by Gasteiger charge is -2.32. The first-order valence-electron chi connectivity index (χ1n) is 8.66. The molecule has 26 heavy (non-hydrogen) atoms. The molecule has 0 spiro atoms. The van der Waals surface area contributed by atoms with Gasteiger partial charge in [0.25, 0.3) is 0 Å². The lowest BCUT2D eigenvalue weighted by molar-refractivity contribution is -0.00261. The molecule has 0 amide bonds. The van der Waals surface area contributed by atoms with Gasteiger partial charge in [0.1, 0.15) is 5.75 Å². The summed E-state index contributed by atoms with van der Waals surface area (Å²) in [6.07, 6.45) is 3.34. The molecule has 0 N–H and O–H groups in total. The molecule has 0 bridgehead atoms. The van der Waals surface area contributed by atoms with Crippen molar-refractivity contribution in [2.24, 2.45) is 0 Å². The van der Waals surface area contributed by atoms with Gasteiger partial charge in [-0.3, -0.25) is 4.68 Å². The van der Waals surface area contributed by atoms with Crippen molar-refractivity contribution in [1.29, 1.82) is 0 Å². The van der Waals surface area contributed by atoms with Crippen LogP contribution >= 0.6 is 0 Å². The molecule has 142 valence electrons. The summed E-state index contributed by atoms with van der Waals surface area (Å²) in [5.74, 6) is 0.688. The molecule has 0 saturated carbocycles. The van der Waals surface area contributed by atoms with Gasteiger partial charge in [-0.25, -0.2) is 8.42 Å². The maximum Gasteiger partial charge on any atom is 0.243 e. The normalized spacial score (nSPS) is 18.8. The van der Waals surface area contributed by atoms with Gasteiger partial charge in [-0.15, -0.1) is 0 Å². The van der Waals surface area contributed by atoms with Crippen LogP contribution in [-0.4, -0.2) is 49.3 Å². The van der Waals surface area contributed by atoms with E-state index in [2.05, 4.69) is 5.10 Å². The molecular weight excluding hydrogens is 354 g/mol. The van der Waals surface area contributed by atoms with Crippen molar-refractivity contribution in [3.05, 3.63) is 41.2 Å². The largest absolute Gasteiger partial charge is 0.496 e. The van der Waals surface area contributed by atoms with Crippen molar-refractivity contribution >= 4 is 10.0 Å². The number of aromatic nitrogens is 2. The van der Waals surface area contributed by atoms with Crippen LogP contribution in [0.5, 0.6) is 5.75 Å². The number of nitrogens with zero attached hydrogens (tertiary/aromatic N) is 3. The quantitative estimate of drug-likeness (QED) is 0.797. The van der Waals surface area contributed by atoms with Crippen LogP contribution in [-0.2, 0) is 21.3 Å². The van der Waals surface area contributed by atoms with E-state index in [-0.39, 0.29) is 12.6 Å². The third-order valence-electron chi connectivity index (χ3n) is 4.69. The summed E-state index contributed by atoms with van der Waals surface area (Å²) >= 11 is 0. The van der Waals surface area contributed by atoms with Crippen LogP contribution < -0.4 is 4.74 Å². The summed E-state index contributed by atoms with van der Waals surface area (Å²) in [6.45, 7) is 7.38. The molecule has 2 heterocycles. The summed E-state index contributed by atoms with van der Waals surface area (Å²) in [5.41, 5.74) is 2.37. The maximum atomic E-state index is 13.2. The fourth-order valence-electron chi connectivity index (χ4n) is 3.16. The van der Waals surface area contributed by atoms with Crippen LogP contribution in [0.1, 0.15) is 29.7 Å². The molecule has 1 fully saturated rings. The Morgan fingerprint density at radius 3 is 2.73 bits per heavy atom. The number of ether oxygens (including phenoxy) is 2. The smallest absolute Gasteiger partial charge is 0.243 e. The highest BCUT2D eigenvalue weighted by Gasteiger charge is 2.33. The van der Waals surface area contributed by atoms with Crippen LogP contribution in [0.3, 0.4) is 0 Å². The minimum absolute atomic E-state index is 0.280. The summed E-state index contributed by atoms with van der Waals surface area (Å²) in [6, 6.07) is 3.45. The number of sulfonamides is 1. The van der Waals surface area contributed by atoms with Crippen molar-refractivity contribution < 1.29 is 17.9 Å². The Hall–Kier alpha value is -1.90. The van der Waals surface area contributed by atoms with E-state index in [1.807, 2.05) is 24.7 Å². The average molecular weight is 379 g/mol. The Bertz CT molecular complexity index is 892. The van der Waals surface area contributed by atoms with Gasteiger partial charge >= 0.3 is 0 Å². The summed E-state index contributed by atoms with van der Waals surface area (Å²) < 4.78 is 40.8. The first-order chi connectivity index (χ1) is 12.4. The molecule has 0 aliphatic carbocycles. The number of rotatable bonds is 5. The minimum Gasteiger partial charge on any atom is -0.496 e. The summed E-state index contributed by atoms with van der Waals surface area (Å²) in [5, 5.41) is 4.25. The van der Waals surface area contributed by atoms with Crippen molar-refractivity contribution in [1.82, 2.24) is 14.1 Å². The van der Waals surface area contributed by atoms with E-state index in [1.165, 1.54) is 4.31 Å². The number of hydrogen-bond donors (Lipinski definition) is 0. The van der Waals surface area contributed by atoms with Crippen LogP contribution in [0.4, 0.5) is 0 Å². The Morgan fingerprint density at radius 1 is 1.31 bits per heavy atom. The number of benzene rings is 1. The van der Waals surface area contributed by atoms with Crippen molar-refractivity contribution in [3.63, 3.8) is 0 Å². The lowest BCUT2D eigenvalue weighted by atomic mass is 10.1. The van der Waals surface area contributed by atoms with Crippen LogP contribution in [0, 0.1) is 13.8 Å². The van der Waals surface area contributed by atoms with E-state index in [9.17, 15) is 8.42 Å². The standard InChI is InChI=1S/C18H25N3O4S/c1-5-20-11-15(10-19-20)17-12-21(6-7-25-17)26(22,23)18-9-13(2)16(24-4)8-14(18)3/h8-11,17H,5-7,12H2,1-4H3/t17-/m0/s1. The fraction of sp³-hybridized carbons (Fsp3) is 0.500. The molecule has 8 heteroatoms. The first-order valence-corrected chi connectivity index (χ1v) is 10.1. The van der Waals surface area contributed by atoms with Gasteiger partial charge in [-0.2, -0.15) is 9.40 Å². The van der Waals surface area contributed by atoms with Gasteiger partial charge in [0.05, 0.1) is 30.9 Å². The monoisotopic (exact) mass is 379 g/mol. The van der Waals surface area contributed by atoms with Gasteiger partial charge in [0, 0.05) is 31.4 Å². The number of morpholine rings is 1. The number of aryl methyl sites for hydroxylation is 3. The van der Waals surface area contributed by atoms with Crippen molar-refractivity contribution in [2.45, 2.75) is 38.3 Å². The molecule has 1 atom stereocenters. The zero-order valence-electron chi connectivity index (χ0n) is 15.6. The maximum absolute atomic E-state index is 13.2. The molecule has 1 aliphatic rings. The predicted octanol–water partition coefficient (Wildman–Crippen LogP) is 2.29.